The molecule has 0 aliphatic carbocycles. The third kappa shape index (κ3) is 3.07. The number of fused-ring (bicyclic) bond motifs is 1. The maximum atomic E-state index is 11.5. The predicted molar refractivity (Wildman–Crippen MR) is 110 cm³/mol. The molecule has 0 spiro atoms. The molecule has 2 aromatic heterocycles. The summed E-state index contributed by atoms with van der Waals surface area (Å²) < 4.78 is 5.33. The van der Waals surface area contributed by atoms with Gasteiger partial charge in [-0.2, -0.15) is 0 Å². The maximum Gasteiger partial charge on any atom is 0.335 e. The molecule has 6 nitrogen and oxygen atoms in total. The molecule has 4 rings (SSSR count). The van der Waals surface area contributed by atoms with Crippen LogP contribution in [-0.2, 0) is 0 Å². The van der Waals surface area contributed by atoms with Gasteiger partial charge in [0.2, 0.25) is 0 Å². The second-order valence-electron chi connectivity index (χ2n) is 6.78. The van der Waals surface area contributed by atoms with Crippen molar-refractivity contribution in [3.8, 4) is 22.3 Å². The Labute approximate surface area is 163 Å². The molecule has 2 heterocycles. The van der Waals surface area contributed by atoms with Crippen molar-refractivity contribution >= 4 is 17.0 Å². The van der Waals surface area contributed by atoms with Gasteiger partial charge in [-0.15, -0.1) is 0 Å². The van der Waals surface area contributed by atoms with E-state index in [2.05, 4.69) is 15.1 Å². The first-order chi connectivity index (χ1) is 12.8. The molecule has 144 valence electrons. The second-order valence-corrected chi connectivity index (χ2v) is 6.78. The topological polar surface area (TPSA) is 92.0 Å². The molecule has 0 unspecified atom stereocenters. The third-order valence-electron chi connectivity index (χ3n) is 4.80. The van der Waals surface area contributed by atoms with Crippen LogP contribution in [0.4, 0.5) is 0 Å². The molecule has 4 aromatic rings. The molecular weight excluding hydrogens is 354 g/mol. The number of aryl methyl sites for hydroxylation is 4. The van der Waals surface area contributed by atoms with Crippen LogP contribution in [0.2, 0.25) is 0 Å². The number of carboxylic acid groups (broad SMARTS) is 1. The lowest BCUT2D eigenvalue weighted by molar-refractivity contribution is 0.0697. The van der Waals surface area contributed by atoms with Crippen LogP contribution in [0.25, 0.3) is 33.3 Å². The third-order valence-corrected chi connectivity index (χ3v) is 4.80. The minimum atomic E-state index is -0.951. The summed E-state index contributed by atoms with van der Waals surface area (Å²) in [5.41, 5.74) is 7.37. The standard InChI is InChI=1S/C21H19N3O3.CH4/c1-10-5-6-14(21(25)26)7-16(10)17-8-15(19-11(2)24-27-12(19)3)9-18-20(17)23-13(4)22-18;/h5-9H,1-4H3,(H,22,23)(H,25,26);1H4. The minimum Gasteiger partial charge on any atom is -0.478 e. The molecule has 0 fully saturated rings. The number of aromatic nitrogens is 3. The maximum absolute atomic E-state index is 11.5. The zero-order chi connectivity index (χ0) is 19.3. The molecule has 0 radical (unpaired) electrons. The van der Waals surface area contributed by atoms with Crippen LogP contribution < -0.4 is 0 Å². The van der Waals surface area contributed by atoms with Crippen molar-refractivity contribution in [2.75, 3.05) is 0 Å². The minimum absolute atomic E-state index is 0. The van der Waals surface area contributed by atoms with Crippen molar-refractivity contribution < 1.29 is 14.4 Å². The van der Waals surface area contributed by atoms with Gasteiger partial charge in [-0.25, -0.2) is 9.78 Å². The fourth-order valence-electron chi connectivity index (χ4n) is 3.53. The van der Waals surface area contributed by atoms with Crippen LogP contribution in [0, 0.1) is 27.7 Å². The first-order valence-electron chi connectivity index (χ1n) is 8.63. The van der Waals surface area contributed by atoms with Gasteiger partial charge >= 0.3 is 5.97 Å². The predicted octanol–water partition coefficient (Wildman–Crippen LogP) is 5.45. The summed E-state index contributed by atoms with van der Waals surface area (Å²) in [5, 5.41) is 13.5. The highest BCUT2D eigenvalue weighted by Crippen LogP contribution is 2.37. The number of carbonyl (C=O) groups is 1. The smallest absolute Gasteiger partial charge is 0.335 e. The second kappa shape index (κ2) is 6.96. The average molecular weight is 377 g/mol. The van der Waals surface area contributed by atoms with Crippen LogP contribution in [0.3, 0.4) is 0 Å². The lowest BCUT2D eigenvalue weighted by Gasteiger charge is -2.11. The lowest BCUT2D eigenvalue weighted by Crippen LogP contribution is -1.98. The largest absolute Gasteiger partial charge is 0.478 e. The number of nitrogens with zero attached hydrogens (tertiary/aromatic N) is 2. The van der Waals surface area contributed by atoms with Gasteiger partial charge in [0.1, 0.15) is 11.6 Å². The Morgan fingerprint density at radius 3 is 2.46 bits per heavy atom. The molecule has 28 heavy (non-hydrogen) atoms. The average Bonchev–Trinajstić information content (AvgIpc) is 3.15. The molecule has 0 atom stereocenters. The number of benzene rings is 2. The van der Waals surface area contributed by atoms with E-state index in [-0.39, 0.29) is 13.0 Å². The van der Waals surface area contributed by atoms with Crippen molar-refractivity contribution in [2.24, 2.45) is 0 Å². The molecule has 0 saturated carbocycles. The van der Waals surface area contributed by atoms with Crippen molar-refractivity contribution in [3.63, 3.8) is 0 Å². The molecule has 0 bridgehead atoms. The Bertz CT molecular complexity index is 1180. The fraction of sp³-hybridized carbons (Fsp3) is 0.227. The lowest BCUT2D eigenvalue weighted by atomic mass is 9.93. The number of rotatable bonds is 3. The van der Waals surface area contributed by atoms with Gasteiger partial charge in [0, 0.05) is 11.1 Å². The van der Waals surface area contributed by atoms with Crippen molar-refractivity contribution in [1.82, 2.24) is 15.1 Å². The number of aromatic amines is 1. The number of H-pyrrole nitrogens is 1. The molecule has 6 heteroatoms. The van der Waals surface area contributed by atoms with Crippen molar-refractivity contribution in [3.05, 3.63) is 58.7 Å². The van der Waals surface area contributed by atoms with Crippen molar-refractivity contribution in [2.45, 2.75) is 35.1 Å². The number of imidazole rings is 1. The first-order valence-corrected chi connectivity index (χ1v) is 8.63. The number of hydrogen-bond acceptors (Lipinski definition) is 4. The van der Waals surface area contributed by atoms with Gasteiger partial charge in [0.25, 0.3) is 0 Å². The highest BCUT2D eigenvalue weighted by Gasteiger charge is 2.18. The molecule has 0 amide bonds. The SMILES string of the molecule is C.Cc1nc2c(-c3cc(C(=O)O)ccc3C)cc(-c3c(C)noc3C)cc2[nH]1. The van der Waals surface area contributed by atoms with Gasteiger partial charge in [-0.3, -0.25) is 0 Å². The monoisotopic (exact) mass is 377 g/mol. The molecule has 0 aliphatic rings. The van der Waals surface area contributed by atoms with Crippen LogP contribution in [0.5, 0.6) is 0 Å². The normalized spacial score (nSPS) is 10.9. The van der Waals surface area contributed by atoms with Gasteiger partial charge in [-0.1, -0.05) is 18.6 Å². The van der Waals surface area contributed by atoms with Crippen LogP contribution >= 0.6 is 0 Å². The van der Waals surface area contributed by atoms with Gasteiger partial charge in [0.15, 0.2) is 0 Å². The van der Waals surface area contributed by atoms with E-state index < -0.39 is 5.97 Å². The summed E-state index contributed by atoms with van der Waals surface area (Å²) in [6, 6.07) is 9.21. The highest BCUT2D eigenvalue weighted by molar-refractivity contribution is 5.99. The summed E-state index contributed by atoms with van der Waals surface area (Å²) in [6.45, 7) is 7.66. The van der Waals surface area contributed by atoms with Gasteiger partial charge in [0.05, 0.1) is 22.3 Å². The van der Waals surface area contributed by atoms with Gasteiger partial charge < -0.3 is 14.6 Å². The Balaban J connectivity index is 0.00000225. The molecule has 2 aromatic carbocycles. The van der Waals surface area contributed by atoms with E-state index in [0.717, 1.165) is 56.1 Å². The number of hydrogen-bond donors (Lipinski definition) is 2. The van der Waals surface area contributed by atoms with E-state index in [1.807, 2.05) is 45.9 Å². The zero-order valence-corrected chi connectivity index (χ0v) is 15.5. The zero-order valence-electron chi connectivity index (χ0n) is 15.5. The first kappa shape index (κ1) is 19.4. The van der Waals surface area contributed by atoms with E-state index in [9.17, 15) is 9.90 Å². The molecule has 0 aliphatic heterocycles. The number of nitrogens with one attached hydrogen (secondary N) is 1. The van der Waals surface area contributed by atoms with E-state index in [0.29, 0.717) is 0 Å². The summed E-state index contributed by atoms with van der Waals surface area (Å²) >= 11 is 0. The molecule has 2 N–H and O–H groups in total. The summed E-state index contributed by atoms with van der Waals surface area (Å²) in [4.78, 5) is 19.4. The summed E-state index contributed by atoms with van der Waals surface area (Å²) in [6.07, 6.45) is 0. The Hall–Kier alpha value is -3.41. The summed E-state index contributed by atoms with van der Waals surface area (Å²) in [7, 11) is 0. The van der Waals surface area contributed by atoms with Crippen LogP contribution in [0.1, 0.15) is 40.6 Å². The van der Waals surface area contributed by atoms with Crippen molar-refractivity contribution in [1.29, 1.82) is 0 Å². The molecule has 0 saturated heterocycles. The fourth-order valence-corrected chi connectivity index (χ4v) is 3.53. The van der Waals surface area contributed by atoms with E-state index in [1.165, 1.54) is 0 Å². The van der Waals surface area contributed by atoms with Crippen LogP contribution in [0.15, 0.2) is 34.9 Å². The Morgan fingerprint density at radius 2 is 1.82 bits per heavy atom. The number of carboxylic acids is 1. The van der Waals surface area contributed by atoms with E-state index in [4.69, 9.17) is 4.52 Å². The van der Waals surface area contributed by atoms with E-state index >= 15 is 0 Å². The Kier molecular flexibility index (Phi) is 4.81. The molecular formula is C22H23N3O3. The number of aromatic carboxylic acids is 1. The quantitative estimate of drug-likeness (QED) is 0.495. The van der Waals surface area contributed by atoms with Crippen LogP contribution in [-0.4, -0.2) is 26.2 Å². The highest BCUT2D eigenvalue weighted by atomic mass is 16.5. The summed E-state index contributed by atoms with van der Waals surface area (Å²) in [5.74, 6) is 0.590. The Morgan fingerprint density at radius 1 is 1.07 bits per heavy atom. The van der Waals surface area contributed by atoms with E-state index in [1.54, 1.807) is 12.1 Å². The van der Waals surface area contributed by atoms with Gasteiger partial charge in [-0.05, 0) is 68.7 Å².